The summed E-state index contributed by atoms with van der Waals surface area (Å²) >= 11 is 0. The molecule has 13 heteroatoms. The molecule has 5 aliphatic rings. The van der Waals surface area contributed by atoms with Crippen molar-refractivity contribution in [3.8, 4) is 23.0 Å². The van der Waals surface area contributed by atoms with Crippen molar-refractivity contribution in [2.24, 2.45) is 9.98 Å². The Bertz CT molecular complexity index is 2400. The summed E-state index contributed by atoms with van der Waals surface area (Å²) in [4.78, 5) is 45.4. The van der Waals surface area contributed by atoms with Crippen LogP contribution in [0.4, 0.5) is 22.7 Å². The van der Waals surface area contributed by atoms with Crippen LogP contribution in [0.15, 0.2) is 95.2 Å². The van der Waals surface area contributed by atoms with Gasteiger partial charge in [0, 0.05) is 93.8 Å². The summed E-state index contributed by atoms with van der Waals surface area (Å²) in [7, 11) is 5.26. The molecular weight excluding hydrogens is 747 g/mol. The number of rotatable bonds is 11. The first kappa shape index (κ1) is 37.9. The minimum atomic E-state index is -0.202. The van der Waals surface area contributed by atoms with Crippen LogP contribution >= 0.6 is 0 Å². The first-order chi connectivity index (χ1) is 28.8. The summed E-state index contributed by atoms with van der Waals surface area (Å²) in [5.74, 6) is 1.55. The van der Waals surface area contributed by atoms with Crippen LogP contribution in [0.5, 0.6) is 23.0 Å². The third kappa shape index (κ3) is 7.49. The van der Waals surface area contributed by atoms with Crippen molar-refractivity contribution in [1.82, 2.24) is 14.7 Å². The van der Waals surface area contributed by atoms with Gasteiger partial charge in [0.15, 0.2) is 23.0 Å². The zero-order valence-electron chi connectivity index (χ0n) is 33.5. The van der Waals surface area contributed by atoms with Crippen LogP contribution in [0.25, 0.3) is 11.1 Å². The zero-order chi connectivity index (χ0) is 40.6. The lowest BCUT2D eigenvalue weighted by atomic mass is 10.0. The molecule has 302 valence electrons. The summed E-state index contributed by atoms with van der Waals surface area (Å²) in [5, 5.41) is 0. The van der Waals surface area contributed by atoms with Crippen LogP contribution in [-0.4, -0.2) is 112 Å². The number of hydrogen-bond acceptors (Lipinski definition) is 11. The monoisotopic (exact) mass is 793 g/mol. The highest BCUT2D eigenvalue weighted by Gasteiger charge is 2.35. The molecule has 2 atom stereocenters. The minimum absolute atomic E-state index is 0.134. The van der Waals surface area contributed by atoms with Crippen LogP contribution in [0.1, 0.15) is 51.1 Å². The number of hydrogen-bond donors (Lipinski definition) is 1. The summed E-state index contributed by atoms with van der Waals surface area (Å²) < 4.78 is 23.6. The fraction of sp³-hybridized carbons (Fsp3) is 0.304. The van der Waals surface area contributed by atoms with Gasteiger partial charge < -0.3 is 44.3 Å². The molecule has 0 bridgehead atoms. The Kier molecular flexibility index (Phi) is 10.3. The minimum Gasteiger partial charge on any atom is -0.493 e. The molecule has 4 aromatic rings. The molecule has 9 rings (SSSR count). The van der Waals surface area contributed by atoms with Crippen LogP contribution in [-0.2, 0) is 0 Å². The molecule has 59 heavy (non-hydrogen) atoms. The Morgan fingerprint density at radius 3 is 1.59 bits per heavy atom. The molecule has 0 aromatic heterocycles. The molecule has 1 saturated heterocycles. The quantitative estimate of drug-likeness (QED) is 0.128. The topological polar surface area (TPSA) is 135 Å². The number of amides is 2. The van der Waals surface area contributed by atoms with Crippen LogP contribution in [0.3, 0.4) is 0 Å². The molecule has 5 aliphatic heterocycles. The number of benzene rings is 4. The van der Waals surface area contributed by atoms with Gasteiger partial charge in [0.25, 0.3) is 11.8 Å². The average Bonchev–Trinajstić information content (AvgIpc) is 3.84. The first-order valence-corrected chi connectivity index (χ1v) is 20.0. The lowest BCUT2D eigenvalue weighted by Gasteiger charge is -2.34. The molecular formula is C46H47N7O6. The van der Waals surface area contributed by atoms with Gasteiger partial charge in [0.1, 0.15) is 0 Å². The first-order valence-electron chi connectivity index (χ1n) is 20.0. The number of aliphatic imine (C=N–C) groups is 2. The molecule has 13 nitrogen and oxygen atoms in total. The van der Waals surface area contributed by atoms with Gasteiger partial charge in [0.2, 0.25) is 0 Å². The van der Waals surface area contributed by atoms with Crippen molar-refractivity contribution in [1.29, 1.82) is 0 Å². The van der Waals surface area contributed by atoms with E-state index in [0.717, 1.165) is 48.5 Å². The number of fused-ring (bicyclic) bond motifs is 4. The smallest absolute Gasteiger partial charge is 0.260 e. The molecule has 2 amide bonds. The Morgan fingerprint density at radius 1 is 0.644 bits per heavy atom. The van der Waals surface area contributed by atoms with Gasteiger partial charge >= 0.3 is 0 Å². The largest absolute Gasteiger partial charge is 0.493 e. The number of likely N-dealkylation sites (N-methyl/N-ethyl adjacent to an activating group) is 1. The molecule has 2 unspecified atom stereocenters. The normalized spacial score (nSPS) is 19.6. The van der Waals surface area contributed by atoms with Crippen molar-refractivity contribution < 1.29 is 28.5 Å². The third-order valence-electron chi connectivity index (χ3n) is 11.6. The SMILES string of the molecule is COc1cc2c(cc1OCCCOc1cc3c(cc1OC)C(=O)N1C=C(c4ccc(N5CCN(C)CC5)cc4)CC1C=N3)N=CC1CC(c3ccc(N)cc3)=CN1C2=O. The highest BCUT2D eigenvalue weighted by molar-refractivity contribution is 6.06. The lowest BCUT2D eigenvalue weighted by molar-refractivity contribution is 0.0809. The van der Waals surface area contributed by atoms with Gasteiger partial charge in [-0.15, -0.1) is 0 Å². The number of carbonyl (C=O) groups is 2. The standard InChI is InChI=1S/C46H47N7O6/c1-50-13-15-51(16-14-50)34-11-7-30(8-12-34)32-20-36-26-49-40-24-44(42(57-3)22-38(40)46(55)53(36)28-32)59-18-4-17-58-43-23-39-37(21-41(43)56-2)45(54)52-27-31(19-35(52)25-48-39)29-5-9-33(47)10-6-29/h5-12,21-28,35-36H,4,13-20,47H2,1-3H3. The Morgan fingerprint density at radius 2 is 1.12 bits per heavy atom. The number of carbonyl (C=O) groups excluding carboxylic acids is 2. The summed E-state index contributed by atoms with van der Waals surface area (Å²) in [6.07, 6.45) is 9.36. The van der Waals surface area contributed by atoms with E-state index in [9.17, 15) is 9.59 Å². The Labute approximate surface area is 343 Å². The van der Waals surface area contributed by atoms with E-state index in [2.05, 4.69) is 41.1 Å². The van der Waals surface area contributed by atoms with Crippen molar-refractivity contribution in [2.45, 2.75) is 31.3 Å². The molecule has 0 radical (unpaired) electrons. The van der Waals surface area contributed by atoms with E-state index in [1.54, 1.807) is 48.3 Å². The number of nitrogens with two attached hydrogens (primary N) is 1. The fourth-order valence-electron chi connectivity index (χ4n) is 8.21. The molecule has 2 N–H and O–H groups in total. The summed E-state index contributed by atoms with van der Waals surface area (Å²) in [6, 6.07) is 22.8. The van der Waals surface area contributed by atoms with Crippen LogP contribution < -0.4 is 29.6 Å². The molecule has 5 heterocycles. The molecule has 1 fully saturated rings. The van der Waals surface area contributed by atoms with Crippen molar-refractivity contribution in [3.63, 3.8) is 0 Å². The second-order valence-corrected chi connectivity index (χ2v) is 15.4. The maximum Gasteiger partial charge on any atom is 0.260 e. The summed E-state index contributed by atoms with van der Waals surface area (Å²) in [5.41, 5.74) is 14.0. The lowest BCUT2D eigenvalue weighted by Crippen LogP contribution is -2.44. The van der Waals surface area contributed by atoms with Crippen LogP contribution in [0, 0.1) is 0 Å². The Hall–Kier alpha value is -6.60. The maximum absolute atomic E-state index is 13.9. The van der Waals surface area contributed by atoms with E-state index < -0.39 is 0 Å². The molecule has 0 spiro atoms. The highest BCUT2D eigenvalue weighted by Crippen LogP contribution is 2.42. The van der Waals surface area contributed by atoms with Gasteiger partial charge in [-0.25, -0.2) is 0 Å². The van der Waals surface area contributed by atoms with Crippen LogP contribution in [0.2, 0.25) is 0 Å². The predicted molar refractivity (Wildman–Crippen MR) is 230 cm³/mol. The zero-order valence-corrected chi connectivity index (χ0v) is 33.5. The van der Waals surface area contributed by atoms with Crippen molar-refractivity contribution in [2.75, 3.05) is 71.3 Å². The number of nitrogen functional groups attached to an aromatic ring is 1. The highest BCUT2D eigenvalue weighted by atomic mass is 16.5. The number of anilines is 2. The van der Waals surface area contributed by atoms with Gasteiger partial charge in [-0.1, -0.05) is 24.3 Å². The van der Waals surface area contributed by atoms with E-state index in [1.165, 1.54) is 5.69 Å². The van der Waals surface area contributed by atoms with E-state index in [-0.39, 0.29) is 23.9 Å². The molecule has 4 aromatic carbocycles. The van der Waals surface area contributed by atoms with Gasteiger partial charge in [-0.2, -0.15) is 0 Å². The van der Waals surface area contributed by atoms with Gasteiger partial charge in [0.05, 0.1) is 62.0 Å². The number of methoxy groups -OCH3 is 2. The van der Waals surface area contributed by atoms with Gasteiger partial charge in [-0.3, -0.25) is 19.6 Å². The number of nitrogens with zero attached hydrogens (tertiary/aromatic N) is 6. The average molecular weight is 794 g/mol. The van der Waals surface area contributed by atoms with E-state index in [0.29, 0.717) is 83.7 Å². The van der Waals surface area contributed by atoms with Crippen molar-refractivity contribution in [3.05, 3.63) is 107 Å². The Balaban J connectivity index is 0.824. The second kappa shape index (κ2) is 16.0. The fourth-order valence-corrected chi connectivity index (χ4v) is 8.21. The van der Waals surface area contributed by atoms with E-state index in [1.807, 2.05) is 49.1 Å². The second-order valence-electron chi connectivity index (χ2n) is 15.4. The number of ether oxygens (including phenoxy) is 4. The molecule has 0 saturated carbocycles. The van der Waals surface area contributed by atoms with Crippen molar-refractivity contribution >= 4 is 58.1 Å². The predicted octanol–water partition coefficient (Wildman–Crippen LogP) is 6.83. The van der Waals surface area contributed by atoms with Gasteiger partial charge in [-0.05, 0) is 65.7 Å². The number of piperazine rings is 1. The van der Waals surface area contributed by atoms with E-state index >= 15 is 0 Å². The van der Waals surface area contributed by atoms with E-state index in [4.69, 9.17) is 34.7 Å². The third-order valence-corrected chi connectivity index (χ3v) is 11.6. The maximum atomic E-state index is 13.9. The molecule has 0 aliphatic carbocycles. The summed E-state index contributed by atoms with van der Waals surface area (Å²) in [6.45, 7) is 4.77.